The lowest BCUT2D eigenvalue weighted by Gasteiger charge is -2.16. The summed E-state index contributed by atoms with van der Waals surface area (Å²) in [6.07, 6.45) is 7.85. The topological polar surface area (TPSA) is 34.6 Å². The van der Waals surface area contributed by atoms with Gasteiger partial charge in [-0.25, -0.2) is 0 Å². The largest absolute Gasteiger partial charge is 0.493 e. The first-order valence-corrected chi connectivity index (χ1v) is 10.8. The van der Waals surface area contributed by atoms with E-state index >= 15 is 0 Å². The maximum absolute atomic E-state index is 6.12. The zero-order valence-electron chi connectivity index (χ0n) is 18.0. The van der Waals surface area contributed by atoms with Gasteiger partial charge in [0.1, 0.15) is 0 Å². The van der Waals surface area contributed by atoms with Crippen molar-refractivity contribution in [1.82, 2.24) is 9.88 Å². The number of hydrogen-bond acceptors (Lipinski definition) is 4. The predicted octanol–water partition coefficient (Wildman–Crippen LogP) is 4.81. The number of methoxy groups -OCH3 is 1. The minimum Gasteiger partial charge on any atom is -0.493 e. The van der Waals surface area contributed by atoms with Gasteiger partial charge in [0, 0.05) is 18.7 Å². The molecule has 0 radical (unpaired) electrons. The Labute approximate surface area is 174 Å². The Morgan fingerprint density at radius 2 is 1.90 bits per heavy atom. The fourth-order valence-corrected chi connectivity index (χ4v) is 4.49. The molecule has 1 aliphatic carbocycles. The average molecular weight is 393 g/mol. The predicted molar refractivity (Wildman–Crippen MR) is 118 cm³/mol. The van der Waals surface area contributed by atoms with Crippen molar-refractivity contribution in [3.63, 3.8) is 0 Å². The molecule has 0 atom stereocenters. The van der Waals surface area contributed by atoms with Gasteiger partial charge >= 0.3 is 0 Å². The van der Waals surface area contributed by atoms with E-state index in [0.717, 1.165) is 55.3 Å². The summed E-state index contributed by atoms with van der Waals surface area (Å²) in [7, 11) is 1.70. The molecule has 0 unspecified atom stereocenters. The van der Waals surface area contributed by atoms with Crippen LogP contribution in [0.3, 0.4) is 0 Å². The fourth-order valence-electron chi connectivity index (χ4n) is 4.49. The third kappa shape index (κ3) is 4.81. The van der Waals surface area contributed by atoms with Gasteiger partial charge in [0.05, 0.1) is 19.4 Å². The van der Waals surface area contributed by atoms with E-state index in [2.05, 4.69) is 43.0 Å². The molecule has 2 aliphatic rings. The van der Waals surface area contributed by atoms with Crippen LogP contribution in [0.1, 0.15) is 54.3 Å². The minimum atomic E-state index is 0.719. The molecule has 1 saturated heterocycles. The van der Waals surface area contributed by atoms with Crippen LogP contribution in [0.4, 0.5) is 0 Å². The van der Waals surface area contributed by atoms with Crippen LogP contribution in [0.15, 0.2) is 29.8 Å². The molecule has 0 amide bonds. The van der Waals surface area contributed by atoms with Gasteiger partial charge in [-0.1, -0.05) is 17.7 Å². The van der Waals surface area contributed by atoms with Gasteiger partial charge in [-0.2, -0.15) is 0 Å². The molecule has 1 fully saturated rings. The molecular weight excluding hydrogens is 360 g/mol. The molecule has 0 bridgehead atoms. The van der Waals surface area contributed by atoms with Crippen LogP contribution < -0.4 is 9.47 Å². The molecule has 4 rings (SSSR count). The van der Waals surface area contributed by atoms with Crippen molar-refractivity contribution in [2.45, 2.75) is 46.0 Å². The van der Waals surface area contributed by atoms with Crippen LogP contribution in [0.5, 0.6) is 11.5 Å². The highest BCUT2D eigenvalue weighted by Crippen LogP contribution is 2.32. The molecule has 1 aromatic carbocycles. The molecule has 1 aliphatic heterocycles. The van der Waals surface area contributed by atoms with Crippen molar-refractivity contribution in [3.05, 3.63) is 57.9 Å². The van der Waals surface area contributed by atoms with Crippen molar-refractivity contribution in [2.24, 2.45) is 0 Å². The van der Waals surface area contributed by atoms with E-state index in [0.29, 0.717) is 0 Å². The van der Waals surface area contributed by atoms with Gasteiger partial charge in [0.15, 0.2) is 11.5 Å². The number of fused-ring (bicyclic) bond motifs is 1. The number of aryl methyl sites for hydroxylation is 1. The lowest BCUT2D eigenvalue weighted by atomic mass is 10.0. The van der Waals surface area contributed by atoms with Gasteiger partial charge in [0.2, 0.25) is 0 Å². The number of aromatic nitrogens is 1. The second kappa shape index (κ2) is 9.00. The lowest BCUT2D eigenvalue weighted by molar-refractivity contribution is 0.254. The monoisotopic (exact) mass is 392 g/mol. The third-order valence-electron chi connectivity index (χ3n) is 5.89. The quantitative estimate of drug-likeness (QED) is 0.604. The van der Waals surface area contributed by atoms with Crippen molar-refractivity contribution in [2.75, 3.05) is 33.4 Å². The summed E-state index contributed by atoms with van der Waals surface area (Å²) in [6, 6.07) is 8.48. The van der Waals surface area contributed by atoms with Crippen molar-refractivity contribution in [1.29, 1.82) is 0 Å². The second-order valence-electron chi connectivity index (χ2n) is 8.36. The summed E-state index contributed by atoms with van der Waals surface area (Å²) in [5.74, 6) is 1.63. The van der Waals surface area contributed by atoms with E-state index < -0.39 is 0 Å². The van der Waals surface area contributed by atoms with E-state index in [1.165, 1.54) is 48.2 Å². The molecule has 4 nitrogen and oxygen atoms in total. The molecule has 1 aromatic heterocycles. The molecule has 0 N–H and O–H groups in total. The number of likely N-dealkylation sites (tertiary alicyclic amines) is 1. The molecular formula is C25H32N2O2. The average Bonchev–Trinajstić information content (AvgIpc) is 3.34. The summed E-state index contributed by atoms with van der Waals surface area (Å²) < 4.78 is 11.6. The van der Waals surface area contributed by atoms with Gasteiger partial charge in [-0.3, -0.25) is 4.98 Å². The highest BCUT2D eigenvalue weighted by atomic mass is 16.5. The van der Waals surface area contributed by atoms with Crippen LogP contribution in [0.25, 0.3) is 6.08 Å². The highest BCUT2D eigenvalue weighted by Gasteiger charge is 2.17. The highest BCUT2D eigenvalue weighted by molar-refractivity contribution is 5.66. The van der Waals surface area contributed by atoms with E-state index in [1.807, 2.05) is 6.07 Å². The molecule has 29 heavy (non-hydrogen) atoms. The Hall–Kier alpha value is -2.33. The number of hydrogen-bond donors (Lipinski definition) is 0. The number of benzene rings is 1. The SMILES string of the molecule is COc1ccc(Cc2nc(C)cc3c2C=C(C)C3)cc1OCCCN1CCCC1. The van der Waals surface area contributed by atoms with Gasteiger partial charge in [0.25, 0.3) is 0 Å². The molecule has 4 heteroatoms. The minimum absolute atomic E-state index is 0.719. The van der Waals surface area contributed by atoms with E-state index in [-0.39, 0.29) is 0 Å². The maximum atomic E-state index is 6.12. The summed E-state index contributed by atoms with van der Waals surface area (Å²) >= 11 is 0. The molecule has 2 heterocycles. The molecule has 154 valence electrons. The summed E-state index contributed by atoms with van der Waals surface area (Å²) in [5.41, 5.74) is 7.56. The maximum Gasteiger partial charge on any atom is 0.161 e. The summed E-state index contributed by atoms with van der Waals surface area (Å²) in [5, 5.41) is 0. The Bertz CT molecular complexity index is 898. The number of nitrogens with zero attached hydrogens (tertiary/aromatic N) is 2. The Morgan fingerprint density at radius 1 is 1.07 bits per heavy atom. The van der Waals surface area contributed by atoms with Crippen molar-refractivity contribution >= 4 is 6.08 Å². The van der Waals surface area contributed by atoms with Crippen LogP contribution in [0, 0.1) is 6.92 Å². The smallest absolute Gasteiger partial charge is 0.161 e. The molecule has 2 aromatic rings. The Balaban J connectivity index is 1.45. The van der Waals surface area contributed by atoms with Crippen LogP contribution in [0.2, 0.25) is 0 Å². The van der Waals surface area contributed by atoms with Crippen molar-refractivity contribution in [3.8, 4) is 11.5 Å². The number of pyridine rings is 1. The number of ether oxygens (including phenoxy) is 2. The van der Waals surface area contributed by atoms with Crippen molar-refractivity contribution < 1.29 is 9.47 Å². The normalized spacial score (nSPS) is 16.0. The Morgan fingerprint density at radius 3 is 2.69 bits per heavy atom. The van der Waals surface area contributed by atoms with Crippen LogP contribution in [-0.2, 0) is 12.8 Å². The van der Waals surface area contributed by atoms with Gasteiger partial charge < -0.3 is 14.4 Å². The van der Waals surface area contributed by atoms with Gasteiger partial charge in [-0.15, -0.1) is 0 Å². The second-order valence-corrected chi connectivity index (χ2v) is 8.36. The summed E-state index contributed by atoms with van der Waals surface area (Å²) in [4.78, 5) is 7.37. The number of rotatable bonds is 8. The van der Waals surface area contributed by atoms with Crippen LogP contribution in [-0.4, -0.2) is 43.2 Å². The zero-order chi connectivity index (χ0) is 20.2. The molecule has 0 spiro atoms. The zero-order valence-corrected chi connectivity index (χ0v) is 18.0. The Kier molecular flexibility index (Phi) is 6.19. The lowest BCUT2D eigenvalue weighted by Crippen LogP contribution is -2.21. The van der Waals surface area contributed by atoms with E-state index in [4.69, 9.17) is 14.5 Å². The standard InChI is InChI=1S/C25H32N2O2/c1-18-13-21-15-19(2)26-23(22(21)14-18)16-20-7-8-24(28-3)25(17-20)29-12-6-11-27-9-4-5-10-27/h7-8,14-15,17H,4-6,9-13,16H2,1-3H3. The van der Waals surface area contributed by atoms with E-state index in [1.54, 1.807) is 7.11 Å². The first kappa shape index (κ1) is 20.0. The first-order valence-electron chi connectivity index (χ1n) is 10.8. The van der Waals surface area contributed by atoms with Crippen LogP contribution >= 0.6 is 0 Å². The third-order valence-corrected chi connectivity index (χ3v) is 5.89. The fraction of sp³-hybridized carbons (Fsp3) is 0.480. The number of allylic oxidation sites excluding steroid dienone is 1. The van der Waals surface area contributed by atoms with Gasteiger partial charge in [-0.05, 0) is 87.5 Å². The first-order chi connectivity index (χ1) is 14.1. The summed E-state index contributed by atoms with van der Waals surface area (Å²) in [6.45, 7) is 8.59. The van der Waals surface area contributed by atoms with E-state index in [9.17, 15) is 0 Å². The molecule has 0 saturated carbocycles.